The lowest BCUT2D eigenvalue weighted by molar-refractivity contribution is 0.171. The zero-order valence-corrected chi connectivity index (χ0v) is 15.3. The first-order valence-electron chi connectivity index (χ1n) is 9.67. The van der Waals surface area contributed by atoms with Gasteiger partial charge in [0.05, 0.1) is 11.4 Å². The third-order valence-corrected chi connectivity index (χ3v) is 5.20. The summed E-state index contributed by atoms with van der Waals surface area (Å²) in [6, 6.07) is 16.6. The summed E-state index contributed by atoms with van der Waals surface area (Å²) in [6.45, 7) is 2.17. The Balaban J connectivity index is 1.58. The van der Waals surface area contributed by atoms with Gasteiger partial charge in [0.15, 0.2) is 11.5 Å². The van der Waals surface area contributed by atoms with E-state index >= 15 is 0 Å². The Bertz CT molecular complexity index is 950. The average Bonchev–Trinajstić information content (AvgIpc) is 2.89. The van der Waals surface area contributed by atoms with Crippen molar-refractivity contribution in [2.75, 3.05) is 25.1 Å². The molecule has 0 amide bonds. The molecule has 2 aliphatic rings. The number of anilines is 1. The van der Waals surface area contributed by atoms with Gasteiger partial charge >= 0.3 is 0 Å². The summed E-state index contributed by atoms with van der Waals surface area (Å²) in [7, 11) is 0. The normalized spacial score (nSPS) is 15.6. The third kappa shape index (κ3) is 3.14. The maximum atomic E-state index is 5.77. The van der Waals surface area contributed by atoms with Crippen molar-refractivity contribution in [1.82, 2.24) is 9.78 Å². The lowest BCUT2D eigenvalue weighted by atomic mass is 10.0. The maximum Gasteiger partial charge on any atom is 0.163 e. The molecule has 2 aliphatic heterocycles. The fraction of sp³-hybridized carbons (Fsp3) is 0.318. The van der Waals surface area contributed by atoms with E-state index in [-0.39, 0.29) is 0 Å². The van der Waals surface area contributed by atoms with Gasteiger partial charge in [0.1, 0.15) is 19.0 Å². The predicted octanol–water partition coefficient (Wildman–Crippen LogP) is 3.98. The van der Waals surface area contributed by atoms with Gasteiger partial charge < -0.3 is 14.8 Å². The molecule has 0 bridgehead atoms. The minimum Gasteiger partial charge on any atom is -0.486 e. The number of hydrogen-bond acceptors (Lipinski definition) is 4. The van der Waals surface area contributed by atoms with Crippen LogP contribution in [0.5, 0.6) is 11.5 Å². The lowest BCUT2D eigenvalue weighted by Crippen LogP contribution is -2.15. The zero-order chi connectivity index (χ0) is 18.1. The Hall–Kier alpha value is -2.95. The molecule has 1 N–H and O–H groups in total. The van der Waals surface area contributed by atoms with Crippen molar-refractivity contribution in [2.24, 2.45) is 0 Å². The first kappa shape index (κ1) is 16.2. The lowest BCUT2D eigenvalue weighted by Gasteiger charge is -2.19. The second-order valence-electron chi connectivity index (χ2n) is 7.06. The first-order valence-corrected chi connectivity index (χ1v) is 9.67. The van der Waals surface area contributed by atoms with Crippen LogP contribution in [-0.2, 0) is 12.8 Å². The molecule has 5 rings (SSSR count). The Morgan fingerprint density at radius 2 is 1.81 bits per heavy atom. The molecule has 3 heterocycles. The minimum absolute atomic E-state index is 0.588. The van der Waals surface area contributed by atoms with Crippen LogP contribution in [0.2, 0.25) is 0 Å². The Morgan fingerprint density at radius 3 is 2.70 bits per heavy atom. The first-order chi connectivity index (χ1) is 13.4. The van der Waals surface area contributed by atoms with Gasteiger partial charge in [-0.15, -0.1) is 0 Å². The van der Waals surface area contributed by atoms with E-state index in [1.54, 1.807) is 0 Å². The van der Waals surface area contributed by atoms with Crippen molar-refractivity contribution in [1.29, 1.82) is 0 Å². The molecule has 5 nitrogen and oxygen atoms in total. The molecule has 27 heavy (non-hydrogen) atoms. The molecule has 138 valence electrons. The summed E-state index contributed by atoms with van der Waals surface area (Å²) in [5.41, 5.74) is 4.78. The maximum absolute atomic E-state index is 5.77. The molecule has 0 unspecified atom stereocenters. The molecule has 0 spiro atoms. The SMILES string of the molecule is c1ccc(Cc2nn(-c3ccc4c(c3)OCCO4)c3c2CCCCN3)cc1. The van der Waals surface area contributed by atoms with Gasteiger partial charge in [-0.1, -0.05) is 30.3 Å². The molecule has 0 saturated carbocycles. The highest BCUT2D eigenvalue weighted by Gasteiger charge is 2.22. The van der Waals surface area contributed by atoms with E-state index < -0.39 is 0 Å². The molecular weight excluding hydrogens is 338 g/mol. The highest BCUT2D eigenvalue weighted by molar-refractivity contribution is 5.58. The third-order valence-electron chi connectivity index (χ3n) is 5.20. The van der Waals surface area contributed by atoms with Gasteiger partial charge in [-0.3, -0.25) is 0 Å². The molecule has 0 radical (unpaired) electrons. The number of aromatic nitrogens is 2. The average molecular weight is 361 g/mol. The quantitative estimate of drug-likeness (QED) is 0.766. The van der Waals surface area contributed by atoms with Crippen LogP contribution in [0.25, 0.3) is 5.69 Å². The summed E-state index contributed by atoms with van der Waals surface area (Å²) >= 11 is 0. The van der Waals surface area contributed by atoms with Crippen molar-refractivity contribution in [2.45, 2.75) is 25.7 Å². The van der Waals surface area contributed by atoms with Gasteiger partial charge in [0, 0.05) is 24.6 Å². The molecule has 0 aliphatic carbocycles. The Morgan fingerprint density at radius 1 is 0.963 bits per heavy atom. The topological polar surface area (TPSA) is 48.3 Å². The van der Waals surface area contributed by atoms with Gasteiger partial charge in [0.25, 0.3) is 0 Å². The van der Waals surface area contributed by atoms with E-state index in [4.69, 9.17) is 14.6 Å². The van der Waals surface area contributed by atoms with Crippen LogP contribution in [0.4, 0.5) is 5.82 Å². The fourth-order valence-electron chi connectivity index (χ4n) is 3.86. The van der Waals surface area contributed by atoms with Crippen molar-refractivity contribution < 1.29 is 9.47 Å². The fourth-order valence-corrected chi connectivity index (χ4v) is 3.86. The van der Waals surface area contributed by atoms with E-state index in [2.05, 4.69) is 41.7 Å². The standard InChI is InChI=1S/C22H23N3O2/c1-2-6-16(7-3-1)14-19-18-8-4-5-11-23-22(18)25(24-19)17-9-10-20-21(15-17)27-13-12-26-20/h1-3,6-7,9-10,15,23H,4-5,8,11-14H2. The number of ether oxygens (including phenoxy) is 2. The van der Waals surface area contributed by atoms with Crippen LogP contribution in [0, 0.1) is 0 Å². The van der Waals surface area contributed by atoms with Crippen molar-refractivity contribution in [3.8, 4) is 17.2 Å². The van der Waals surface area contributed by atoms with Crippen molar-refractivity contribution in [3.05, 3.63) is 65.4 Å². The molecule has 0 fully saturated rings. The molecule has 0 atom stereocenters. The number of rotatable bonds is 3. The summed E-state index contributed by atoms with van der Waals surface area (Å²) in [5, 5.41) is 8.61. The number of benzene rings is 2. The highest BCUT2D eigenvalue weighted by atomic mass is 16.6. The molecule has 5 heteroatoms. The van der Waals surface area contributed by atoms with Crippen LogP contribution in [-0.4, -0.2) is 29.5 Å². The second-order valence-corrected chi connectivity index (χ2v) is 7.06. The van der Waals surface area contributed by atoms with E-state index in [1.807, 2.05) is 16.8 Å². The molecule has 0 saturated heterocycles. The van der Waals surface area contributed by atoms with E-state index in [0.29, 0.717) is 13.2 Å². The summed E-state index contributed by atoms with van der Waals surface area (Å²) in [4.78, 5) is 0. The van der Waals surface area contributed by atoms with Crippen molar-refractivity contribution in [3.63, 3.8) is 0 Å². The van der Waals surface area contributed by atoms with E-state index in [0.717, 1.165) is 48.1 Å². The summed E-state index contributed by atoms with van der Waals surface area (Å²) < 4.78 is 13.5. The van der Waals surface area contributed by atoms with Gasteiger partial charge in [0.2, 0.25) is 0 Å². The monoisotopic (exact) mass is 361 g/mol. The van der Waals surface area contributed by atoms with Crippen LogP contribution >= 0.6 is 0 Å². The number of nitrogens with one attached hydrogen (secondary N) is 1. The molecule has 3 aromatic rings. The van der Waals surface area contributed by atoms with Crippen LogP contribution in [0.15, 0.2) is 48.5 Å². The van der Waals surface area contributed by atoms with Crippen LogP contribution < -0.4 is 14.8 Å². The Kier molecular flexibility index (Phi) is 4.20. The highest BCUT2D eigenvalue weighted by Crippen LogP contribution is 2.35. The number of fused-ring (bicyclic) bond motifs is 2. The smallest absolute Gasteiger partial charge is 0.163 e. The van der Waals surface area contributed by atoms with Gasteiger partial charge in [-0.05, 0) is 37.0 Å². The largest absolute Gasteiger partial charge is 0.486 e. The Labute approximate surface area is 158 Å². The second kappa shape index (κ2) is 6.99. The number of hydrogen-bond donors (Lipinski definition) is 1. The molecule has 1 aromatic heterocycles. The van der Waals surface area contributed by atoms with Gasteiger partial charge in [-0.25, -0.2) is 4.68 Å². The van der Waals surface area contributed by atoms with Gasteiger partial charge in [-0.2, -0.15) is 5.10 Å². The van der Waals surface area contributed by atoms with Crippen molar-refractivity contribution >= 4 is 5.82 Å². The predicted molar refractivity (Wildman–Crippen MR) is 105 cm³/mol. The van der Waals surface area contributed by atoms with Crippen LogP contribution in [0.1, 0.15) is 29.7 Å². The van der Waals surface area contributed by atoms with Crippen LogP contribution in [0.3, 0.4) is 0 Å². The minimum atomic E-state index is 0.588. The van der Waals surface area contributed by atoms with E-state index in [9.17, 15) is 0 Å². The zero-order valence-electron chi connectivity index (χ0n) is 15.3. The summed E-state index contributed by atoms with van der Waals surface area (Å²) in [6.07, 6.45) is 4.28. The number of nitrogens with zero attached hydrogens (tertiary/aromatic N) is 2. The van der Waals surface area contributed by atoms with E-state index in [1.165, 1.54) is 24.0 Å². The summed E-state index contributed by atoms with van der Waals surface area (Å²) in [5.74, 6) is 2.72. The molecule has 2 aromatic carbocycles. The molecular formula is C22H23N3O2.